The summed E-state index contributed by atoms with van der Waals surface area (Å²) in [5, 5.41) is 49.6. The molecule has 0 saturated carbocycles. The van der Waals surface area contributed by atoms with Gasteiger partial charge in [0.1, 0.15) is 28.5 Å². The summed E-state index contributed by atoms with van der Waals surface area (Å²) in [4.78, 5) is 102. The van der Waals surface area contributed by atoms with Gasteiger partial charge in [-0.3, -0.25) is 42.9 Å². The number of hydrogen-bond acceptors (Lipinski definition) is 18. The van der Waals surface area contributed by atoms with Gasteiger partial charge in [0.25, 0.3) is 23.6 Å². The van der Waals surface area contributed by atoms with E-state index in [4.69, 9.17) is 39.3 Å². The largest absolute Gasteiger partial charge is 0.497 e. The van der Waals surface area contributed by atoms with Crippen molar-refractivity contribution in [1.29, 1.82) is 0 Å². The van der Waals surface area contributed by atoms with E-state index in [1.54, 1.807) is 25.7 Å². The summed E-state index contributed by atoms with van der Waals surface area (Å²) < 4.78 is 12.8. The van der Waals surface area contributed by atoms with Crippen LogP contribution in [0.4, 0.5) is 19.2 Å². The van der Waals surface area contributed by atoms with Crippen LogP contribution >= 0.6 is 11.6 Å². The zero-order chi connectivity index (χ0) is 99.4. The van der Waals surface area contributed by atoms with Crippen LogP contribution in [0.2, 0.25) is 5.02 Å². The molecular formula is C105H106ClN25O9. The lowest BCUT2D eigenvalue weighted by Crippen LogP contribution is -2.47. The molecule has 8 aromatic carbocycles. The van der Waals surface area contributed by atoms with E-state index in [2.05, 4.69) is 183 Å². The summed E-state index contributed by atoms with van der Waals surface area (Å²) in [6.45, 7) is 26.9. The lowest BCUT2D eigenvalue weighted by Gasteiger charge is -2.22. The number of ether oxygens (including phenoxy) is 1. The minimum atomic E-state index is -0.551. The van der Waals surface area contributed by atoms with E-state index in [0.29, 0.717) is 18.1 Å². The number of rotatable bonds is 28. The fourth-order valence-corrected chi connectivity index (χ4v) is 15.3. The van der Waals surface area contributed by atoms with E-state index >= 15 is 0 Å². The lowest BCUT2D eigenvalue weighted by molar-refractivity contribution is -0.119. The molecule has 4 aliphatic heterocycles. The number of benzene rings is 8. The molecule has 20 N–H and O–H groups in total. The fourth-order valence-electron chi connectivity index (χ4n) is 15.2. The maximum atomic E-state index is 12.8. The van der Waals surface area contributed by atoms with Gasteiger partial charge in [-0.25, -0.2) is 19.2 Å². The molecule has 0 fully saturated rings. The van der Waals surface area contributed by atoms with Crippen LogP contribution < -0.4 is 91.5 Å². The van der Waals surface area contributed by atoms with Gasteiger partial charge < -0.3 is 91.5 Å². The molecule has 12 amide bonds. The number of methoxy groups -OCH3 is 1. The van der Waals surface area contributed by atoms with Gasteiger partial charge in [0.05, 0.1) is 120 Å². The third-order valence-electron chi connectivity index (χ3n) is 23.1. The molecular weight excluding hydrogens is 1790 g/mol. The van der Waals surface area contributed by atoms with Gasteiger partial charge in [0, 0.05) is 71.4 Å². The fraction of sp³-hybridized carbons (Fsp3) is 0.152. The molecule has 0 bridgehead atoms. The minimum absolute atomic E-state index is 0.0116. The molecule has 4 atom stereocenters. The highest BCUT2D eigenvalue weighted by Gasteiger charge is 2.31. The highest BCUT2D eigenvalue weighted by molar-refractivity contribution is 6.30. The maximum Gasteiger partial charge on any atom is 0.323 e. The predicted molar refractivity (Wildman–Crippen MR) is 536 cm³/mol. The first-order chi connectivity index (χ1) is 67.3. The second kappa shape index (κ2) is 44.8. The number of carbonyl (C=O) groups is 8. The van der Waals surface area contributed by atoms with Crippen molar-refractivity contribution >= 4 is 59.4 Å². The third kappa shape index (κ3) is 25.5. The predicted octanol–water partition coefficient (Wildman–Crippen LogP) is 13.5. The third-order valence-corrected chi connectivity index (χ3v) is 23.4. The van der Waals surface area contributed by atoms with Crippen LogP contribution in [-0.2, 0) is 58.2 Å². The first-order valence-electron chi connectivity index (χ1n) is 44.6. The molecule has 5 aromatic heterocycles. The van der Waals surface area contributed by atoms with E-state index in [1.165, 1.54) is 27.8 Å². The van der Waals surface area contributed by atoms with E-state index in [-0.39, 0.29) is 92.5 Å². The van der Waals surface area contributed by atoms with Crippen molar-refractivity contribution in [2.24, 2.45) is 22.9 Å². The number of nitrogens with zero attached hydrogens (tertiary/aromatic N) is 9. The molecule has 712 valence electrons. The summed E-state index contributed by atoms with van der Waals surface area (Å²) in [6, 6.07) is 66.6. The normalized spacial score (nSPS) is 14.3. The molecule has 35 heteroatoms. The molecule has 9 heterocycles. The Morgan fingerprint density at radius 1 is 0.364 bits per heavy atom. The van der Waals surface area contributed by atoms with Crippen molar-refractivity contribution in [2.75, 3.05) is 7.11 Å². The van der Waals surface area contributed by atoms with Gasteiger partial charge in [-0.1, -0.05) is 195 Å². The van der Waals surface area contributed by atoms with Crippen molar-refractivity contribution < 1.29 is 43.1 Å². The Labute approximate surface area is 813 Å². The lowest BCUT2D eigenvalue weighted by atomic mass is 10.0. The van der Waals surface area contributed by atoms with Gasteiger partial charge >= 0.3 is 24.1 Å². The van der Waals surface area contributed by atoms with Crippen LogP contribution in [0.15, 0.2) is 363 Å². The molecule has 0 unspecified atom stereocenters. The Morgan fingerprint density at radius 2 is 0.693 bits per heavy atom. The monoisotopic (exact) mass is 1900 g/mol. The quantitative estimate of drug-likeness (QED) is 0.0216. The van der Waals surface area contributed by atoms with Crippen molar-refractivity contribution in [3.8, 4) is 61.4 Å². The van der Waals surface area contributed by atoms with Crippen LogP contribution in [0.5, 0.6) is 5.75 Å². The van der Waals surface area contributed by atoms with Crippen molar-refractivity contribution in [3.05, 3.63) is 418 Å². The number of pyridine rings is 1. The highest BCUT2D eigenvalue weighted by Crippen LogP contribution is 2.31. The average Bonchev–Trinajstić information content (AvgIpc) is 1.48. The topological polar surface area (TPSA) is 478 Å². The van der Waals surface area contributed by atoms with Gasteiger partial charge in [0.2, 0.25) is 0 Å². The number of nitrogens with one attached hydrogen (secondary N) is 12. The molecule has 0 aliphatic carbocycles. The number of carbonyl (C=O) groups excluding carboxylic acids is 8. The standard InChI is InChI=1S/C32H32N6O2.C26H28N6O3.C24H23ClN6O2.C23H23N7O2/c1-20-10-12-24(13-11-20)26-8-4-6-23(16-26)14-15-38-19-28(18-34-38)27-9-5-7-25(17-27)21(2)35-31(39)30-29(33)22(3)36-32(40)37-30;1-16(29-25(33)24-23(27)17(2)30-26(34)31-24)19-5-4-6-20(13-19)21-14-28-32(15-21)12-11-18-7-9-22(35-3)10-8-18;1-14(28-23(32)22-21(26)15(2)29-24(33)30-22)17-4-3-5-18(10-17)19-11-27-31(13-19)12-16-6-8-20(25)9-7-16;1-14(27-22(31)21-20(24)15(2)28-23(32)29-21)16-6-5-7-17(10-16)18-11-26-30(12-18)13-19-8-3-4-9-25-19/h4-13,16-19,21H,3,14-15,33H2,1-2H3,(H,35,39)(H2,36,37,40);4-10,13-16H,2,11-12,27H2,1,3H3,(H,29,33)(H2,30,31,34);3-11,13-14H,2,12,26H2,1H3,(H,28,32)(H2,29,30,33);3-12,14H,2,13,24H2,1H3,(H,27,31)(H2,28,29,32)/t21-;16-;2*14-/m1111/s1. The minimum Gasteiger partial charge on any atom is -0.497 e. The Kier molecular flexibility index (Phi) is 31.4. The van der Waals surface area contributed by atoms with Gasteiger partial charge in [-0.05, 0) is 180 Å². The van der Waals surface area contributed by atoms with Crippen LogP contribution in [0.25, 0.3) is 55.6 Å². The summed E-state index contributed by atoms with van der Waals surface area (Å²) in [5.74, 6) is -1.10. The molecule has 0 spiro atoms. The molecule has 4 aliphatic rings. The Balaban J connectivity index is 0.000000149. The van der Waals surface area contributed by atoms with Crippen LogP contribution in [0.3, 0.4) is 0 Å². The number of hydrogen-bond donors (Lipinski definition) is 16. The summed E-state index contributed by atoms with van der Waals surface area (Å²) in [5.41, 5.74) is 44.3. The number of aromatic nitrogens is 9. The van der Waals surface area contributed by atoms with E-state index < -0.39 is 47.8 Å². The van der Waals surface area contributed by atoms with Crippen LogP contribution in [-0.4, -0.2) is 99.0 Å². The maximum absolute atomic E-state index is 12.8. The Hall–Kier alpha value is -18.1. The van der Waals surface area contributed by atoms with Gasteiger partial charge in [0.15, 0.2) is 0 Å². The SMILES string of the molecule is C=C1NC(=O)NC(C(=O)N[C@H](C)c2cccc(-c3cnn(CCc4ccc(OC)cc4)c3)c2)=C1N.C=C1NC(=O)NC(C(=O)N[C@H](C)c2cccc(-c3cnn(CCc4cccc(-c5ccc(C)cc5)c4)c3)c2)=C1N.C=C1NC(=O)NC(C(=O)N[C@H](C)c2cccc(-c3cnn(Cc4ccc(Cl)cc4)c3)c2)=C1N.C=C1NC(=O)NC(C(=O)N[C@H](C)c2cccc(-c3cnn(Cc4ccccn4)c3)c2)=C1N. The smallest absolute Gasteiger partial charge is 0.323 e. The van der Waals surface area contributed by atoms with E-state index in [9.17, 15) is 38.4 Å². The summed E-state index contributed by atoms with van der Waals surface area (Å²) in [7, 11) is 1.66. The van der Waals surface area contributed by atoms with E-state index in [1.807, 2.05) is 235 Å². The second-order valence-electron chi connectivity index (χ2n) is 33.4. The van der Waals surface area contributed by atoms with Crippen molar-refractivity contribution in [1.82, 2.24) is 108 Å². The molecule has 0 radical (unpaired) electrons. The first-order valence-corrected chi connectivity index (χ1v) is 44.9. The number of nitrogens with two attached hydrogens (primary N) is 4. The number of amides is 12. The zero-order valence-electron chi connectivity index (χ0n) is 77.7. The van der Waals surface area contributed by atoms with Gasteiger partial charge in [-0.2, -0.15) is 20.4 Å². The van der Waals surface area contributed by atoms with Crippen molar-refractivity contribution in [2.45, 2.75) is 97.8 Å². The zero-order valence-corrected chi connectivity index (χ0v) is 78.4. The molecule has 140 heavy (non-hydrogen) atoms. The average molecular weight is 1900 g/mol. The first kappa shape index (κ1) is 97.9. The number of halogens is 1. The van der Waals surface area contributed by atoms with Crippen LogP contribution in [0.1, 0.15) is 102 Å². The van der Waals surface area contributed by atoms with E-state index in [0.717, 1.165) is 110 Å². The van der Waals surface area contributed by atoms with Crippen LogP contribution in [0, 0.1) is 6.92 Å². The molecule has 0 saturated heterocycles. The Morgan fingerprint density at radius 3 is 1.05 bits per heavy atom. The highest BCUT2D eigenvalue weighted by atomic mass is 35.5. The molecule has 13 aromatic rings. The Bertz CT molecular complexity index is 7050. The number of aryl methyl sites for hydroxylation is 5. The van der Waals surface area contributed by atoms with Gasteiger partial charge in [-0.15, -0.1) is 0 Å². The summed E-state index contributed by atoms with van der Waals surface area (Å²) >= 11 is 5.95. The van der Waals surface area contributed by atoms with Crippen molar-refractivity contribution in [3.63, 3.8) is 0 Å². The summed E-state index contributed by atoms with van der Waals surface area (Å²) in [6.07, 6.45) is 18.7. The second-order valence-corrected chi connectivity index (χ2v) is 33.8. The molecule has 34 nitrogen and oxygen atoms in total. The number of urea groups is 4. The molecule has 17 rings (SSSR count).